The number of rotatable bonds is 5. The number of aromatic nitrogens is 3. The van der Waals surface area contributed by atoms with Crippen molar-refractivity contribution in [2.24, 2.45) is 7.05 Å². The van der Waals surface area contributed by atoms with Crippen LogP contribution in [0.1, 0.15) is 30.3 Å². The molecule has 0 atom stereocenters. The lowest BCUT2D eigenvalue weighted by Crippen LogP contribution is -2.34. The molecule has 5 nitrogen and oxygen atoms in total. The van der Waals surface area contributed by atoms with Crippen LogP contribution in [0.5, 0.6) is 0 Å². The van der Waals surface area contributed by atoms with Crippen molar-refractivity contribution in [2.75, 3.05) is 19.7 Å². The van der Waals surface area contributed by atoms with E-state index in [0.717, 1.165) is 43.8 Å². The van der Waals surface area contributed by atoms with Gasteiger partial charge >= 0.3 is 0 Å². The second-order valence-electron chi connectivity index (χ2n) is 8.15. The number of likely N-dealkylation sites (tertiary alicyclic amines) is 1. The molecule has 1 aliphatic heterocycles. The lowest BCUT2D eigenvalue weighted by Gasteiger charge is -2.33. The van der Waals surface area contributed by atoms with Gasteiger partial charge in [-0.2, -0.15) is 0 Å². The molecule has 2 aromatic carbocycles. The average molecular weight is 389 g/mol. The van der Waals surface area contributed by atoms with E-state index < -0.39 is 0 Å². The standard InChI is InChI=1S/C24H28N4O/c1-26-16-18(20-6-2-4-8-22(20)26)17-27-13-10-19(11-14-27)28-23-9-5-3-7-21(23)25-24(28)12-15-29/h2-9,16,19,29H,10-15,17H2,1H3. The van der Waals surface area contributed by atoms with E-state index in [2.05, 4.69) is 69.7 Å². The normalized spacial score (nSPS) is 16.2. The largest absolute Gasteiger partial charge is 0.396 e. The molecule has 150 valence electrons. The van der Waals surface area contributed by atoms with E-state index in [1.54, 1.807) is 0 Å². The maximum Gasteiger partial charge on any atom is 0.112 e. The first-order valence-corrected chi connectivity index (χ1v) is 10.6. The number of aliphatic hydroxyl groups excluding tert-OH is 1. The topological polar surface area (TPSA) is 46.2 Å². The third-order valence-corrected chi connectivity index (χ3v) is 6.30. The quantitative estimate of drug-likeness (QED) is 0.564. The monoisotopic (exact) mass is 388 g/mol. The van der Waals surface area contributed by atoms with Crippen molar-refractivity contribution in [3.8, 4) is 0 Å². The highest BCUT2D eigenvalue weighted by Crippen LogP contribution is 2.30. The summed E-state index contributed by atoms with van der Waals surface area (Å²) in [5, 5.41) is 10.9. The molecular formula is C24H28N4O. The van der Waals surface area contributed by atoms with Gasteiger partial charge in [0.15, 0.2) is 0 Å². The summed E-state index contributed by atoms with van der Waals surface area (Å²) in [4.78, 5) is 7.36. The predicted molar refractivity (Wildman–Crippen MR) is 117 cm³/mol. The van der Waals surface area contributed by atoms with Crippen molar-refractivity contribution in [3.05, 3.63) is 66.1 Å². The zero-order valence-corrected chi connectivity index (χ0v) is 17.0. The summed E-state index contributed by atoms with van der Waals surface area (Å²) in [6.07, 6.45) is 5.12. The van der Waals surface area contributed by atoms with Crippen molar-refractivity contribution in [1.82, 2.24) is 19.0 Å². The highest BCUT2D eigenvalue weighted by Gasteiger charge is 2.25. The summed E-state index contributed by atoms with van der Waals surface area (Å²) in [6.45, 7) is 3.31. The highest BCUT2D eigenvalue weighted by molar-refractivity contribution is 5.83. The Morgan fingerprint density at radius 1 is 1.00 bits per heavy atom. The van der Waals surface area contributed by atoms with Crippen LogP contribution in [0.25, 0.3) is 21.9 Å². The van der Waals surface area contributed by atoms with E-state index in [4.69, 9.17) is 4.98 Å². The lowest BCUT2D eigenvalue weighted by atomic mass is 10.0. The van der Waals surface area contributed by atoms with E-state index in [0.29, 0.717) is 12.5 Å². The number of nitrogens with zero attached hydrogens (tertiary/aromatic N) is 4. The van der Waals surface area contributed by atoms with Gasteiger partial charge in [-0.1, -0.05) is 30.3 Å². The van der Waals surface area contributed by atoms with Gasteiger partial charge in [-0.25, -0.2) is 4.98 Å². The minimum absolute atomic E-state index is 0.142. The molecule has 29 heavy (non-hydrogen) atoms. The summed E-state index contributed by atoms with van der Waals surface area (Å²) in [6, 6.07) is 17.5. The van der Waals surface area contributed by atoms with Crippen molar-refractivity contribution in [3.63, 3.8) is 0 Å². The molecular weight excluding hydrogens is 360 g/mol. The van der Waals surface area contributed by atoms with Crippen LogP contribution in [0.15, 0.2) is 54.7 Å². The molecule has 0 aliphatic carbocycles. The van der Waals surface area contributed by atoms with E-state index in [1.807, 2.05) is 6.07 Å². The third kappa shape index (κ3) is 3.34. The highest BCUT2D eigenvalue weighted by atomic mass is 16.3. The molecule has 0 bridgehead atoms. The van der Waals surface area contributed by atoms with Crippen molar-refractivity contribution >= 4 is 21.9 Å². The fourth-order valence-corrected chi connectivity index (χ4v) is 4.91. The van der Waals surface area contributed by atoms with E-state index >= 15 is 0 Å². The Labute approximate surface area is 171 Å². The summed E-state index contributed by atoms with van der Waals surface area (Å²) >= 11 is 0. The lowest BCUT2D eigenvalue weighted by molar-refractivity contribution is 0.179. The van der Waals surface area contributed by atoms with E-state index in [9.17, 15) is 5.11 Å². The average Bonchev–Trinajstić information content (AvgIpc) is 3.27. The van der Waals surface area contributed by atoms with Gasteiger partial charge in [0.25, 0.3) is 0 Å². The number of benzene rings is 2. The number of para-hydroxylation sites is 3. The maximum absolute atomic E-state index is 9.50. The number of piperidine rings is 1. The minimum Gasteiger partial charge on any atom is -0.396 e. The van der Waals surface area contributed by atoms with Crippen LogP contribution < -0.4 is 0 Å². The first kappa shape index (κ1) is 18.4. The van der Waals surface area contributed by atoms with E-state index in [1.165, 1.54) is 22.0 Å². The molecule has 0 amide bonds. The van der Waals surface area contributed by atoms with Crippen molar-refractivity contribution in [1.29, 1.82) is 0 Å². The van der Waals surface area contributed by atoms with Crippen molar-refractivity contribution in [2.45, 2.75) is 31.8 Å². The second-order valence-corrected chi connectivity index (χ2v) is 8.15. The van der Waals surface area contributed by atoms with Crippen LogP contribution in [0, 0.1) is 0 Å². The summed E-state index contributed by atoms with van der Waals surface area (Å²) in [5.74, 6) is 1.02. The molecule has 3 heterocycles. The molecule has 2 aromatic heterocycles. The SMILES string of the molecule is Cn1cc(CN2CCC(n3c(CCO)nc4ccccc43)CC2)c2ccccc21. The number of aliphatic hydroxyl groups is 1. The summed E-state index contributed by atoms with van der Waals surface area (Å²) in [7, 11) is 2.13. The van der Waals surface area contributed by atoms with Gasteiger partial charge in [-0.15, -0.1) is 0 Å². The van der Waals surface area contributed by atoms with Crippen LogP contribution in [0.4, 0.5) is 0 Å². The maximum atomic E-state index is 9.50. The molecule has 1 N–H and O–H groups in total. The van der Waals surface area contributed by atoms with Gasteiger partial charge in [0, 0.05) is 56.2 Å². The molecule has 0 saturated carbocycles. The second kappa shape index (κ2) is 7.65. The molecule has 0 unspecified atom stereocenters. The number of hydrogen-bond acceptors (Lipinski definition) is 3. The molecule has 5 heteroatoms. The Morgan fingerprint density at radius 3 is 2.52 bits per heavy atom. The molecule has 0 radical (unpaired) electrons. The van der Waals surface area contributed by atoms with Gasteiger partial charge in [0.05, 0.1) is 17.6 Å². The number of hydrogen-bond donors (Lipinski definition) is 1. The Hall–Kier alpha value is -2.63. The van der Waals surface area contributed by atoms with Gasteiger partial charge in [-0.3, -0.25) is 4.90 Å². The molecule has 1 aliphatic rings. The Bertz CT molecular complexity index is 1130. The molecule has 0 spiro atoms. The van der Waals surface area contributed by atoms with Crippen LogP contribution in [-0.2, 0) is 20.0 Å². The number of imidazole rings is 1. The fourth-order valence-electron chi connectivity index (χ4n) is 4.91. The zero-order chi connectivity index (χ0) is 19.8. The van der Waals surface area contributed by atoms with Gasteiger partial charge in [0.1, 0.15) is 5.82 Å². The molecule has 5 rings (SSSR count). The van der Waals surface area contributed by atoms with Crippen LogP contribution in [-0.4, -0.2) is 43.8 Å². The zero-order valence-electron chi connectivity index (χ0n) is 17.0. The number of fused-ring (bicyclic) bond motifs is 2. The molecule has 1 fully saturated rings. The predicted octanol–water partition coefficient (Wildman–Crippen LogP) is 3.90. The van der Waals surface area contributed by atoms with Crippen LogP contribution in [0.3, 0.4) is 0 Å². The van der Waals surface area contributed by atoms with E-state index in [-0.39, 0.29) is 6.61 Å². The van der Waals surface area contributed by atoms with Gasteiger partial charge in [0.2, 0.25) is 0 Å². The Morgan fingerprint density at radius 2 is 1.72 bits per heavy atom. The minimum atomic E-state index is 0.142. The van der Waals surface area contributed by atoms with Crippen LogP contribution >= 0.6 is 0 Å². The first-order chi connectivity index (χ1) is 14.2. The van der Waals surface area contributed by atoms with Gasteiger partial charge in [-0.05, 0) is 36.6 Å². The van der Waals surface area contributed by atoms with Gasteiger partial charge < -0.3 is 14.2 Å². The number of aryl methyl sites for hydroxylation is 1. The summed E-state index contributed by atoms with van der Waals surface area (Å²) < 4.78 is 4.62. The third-order valence-electron chi connectivity index (χ3n) is 6.30. The Balaban J connectivity index is 1.34. The molecule has 4 aromatic rings. The molecule has 1 saturated heterocycles. The Kier molecular flexibility index (Phi) is 4.86. The van der Waals surface area contributed by atoms with Crippen LogP contribution in [0.2, 0.25) is 0 Å². The van der Waals surface area contributed by atoms with Crippen molar-refractivity contribution < 1.29 is 5.11 Å². The fraction of sp³-hybridized carbons (Fsp3) is 0.375. The first-order valence-electron chi connectivity index (χ1n) is 10.6. The summed E-state index contributed by atoms with van der Waals surface area (Å²) in [5.41, 5.74) is 4.95. The smallest absolute Gasteiger partial charge is 0.112 e.